The van der Waals surface area contributed by atoms with Crippen molar-refractivity contribution in [1.29, 1.82) is 0 Å². The molecule has 0 heterocycles. The van der Waals surface area contributed by atoms with E-state index < -0.39 is 83.5 Å². The molecule has 0 aromatic rings. The minimum atomic E-state index is -8.08. The number of hydrogen-bond donors (Lipinski definition) is 2. The maximum atomic E-state index is 12.6. The van der Waals surface area contributed by atoms with Crippen LogP contribution in [0, 0.1) is 0 Å². The van der Waals surface area contributed by atoms with E-state index in [-0.39, 0.29) is 17.1 Å². The summed E-state index contributed by atoms with van der Waals surface area (Å²) in [6, 6.07) is 0. The molecular weight excluding hydrogens is 781 g/mol. The maximum absolute atomic E-state index is 12.6. The molecule has 4 nitrogen and oxygen atoms in total. The molecule has 0 atom stereocenters. The van der Waals surface area contributed by atoms with Gasteiger partial charge in [0.25, 0.3) is 0 Å². The fourth-order valence-electron chi connectivity index (χ4n) is 1.81. The number of hydrogen-bond acceptors (Lipinski definition) is 2. The Bertz CT molecular complexity index is 987. The van der Waals surface area contributed by atoms with Gasteiger partial charge in [-0.3, -0.25) is 0 Å². The Morgan fingerprint density at radius 2 is 0.422 bits per heavy atom. The third-order valence-corrected chi connectivity index (χ3v) is 4.40. The summed E-state index contributed by atoms with van der Waals surface area (Å²) in [5.41, 5.74) is 0. The Hall–Kier alpha value is -2.36. The molecule has 1 radical (unpaired) electrons. The predicted octanol–water partition coefficient (Wildman–Crippen LogP) is 7.62. The summed E-state index contributed by atoms with van der Waals surface area (Å²) in [6.45, 7) is 0. The molecule has 0 rings (SSSR count). The molecule has 2 N–H and O–H groups in total. The van der Waals surface area contributed by atoms with Crippen molar-refractivity contribution in [3.8, 4) is 0 Å². The fraction of sp³-hybridized carbons (Fsp3) is 0.857. The molecule has 271 valence electrons. The third-order valence-electron chi connectivity index (χ3n) is 4.40. The van der Waals surface area contributed by atoms with Crippen LogP contribution in [0.2, 0.25) is 0 Å². The molecule has 0 unspecified atom stereocenters. The number of carbonyl (C=O) groups is 2. The number of aliphatic carboxylic acids is 2. The first-order valence-electron chi connectivity index (χ1n) is 8.77. The smallest absolute Gasteiger partial charge is 0.460 e. The van der Waals surface area contributed by atoms with Gasteiger partial charge in [-0.15, -0.1) is 0 Å². The van der Waals surface area contributed by atoms with E-state index in [1.807, 2.05) is 0 Å². The summed E-state index contributed by atoms with van der Waals surface area (Å²) in [5.74, 6) is -86.0. The summed E-state index contributed by atoms with van der Waals surface area (Å²) in [4.78, 5) is 19.3. The number of carboxylic acid groups (broad SMARTS) is 2. The summed E-state index contributed by atoms with van der Waals surface area (Å²) >= 11 is 0. The van der Waals surface area contributed by atoms with Gasteiger partial charge < -0.3 is 10.2 Å². The van der Waals surface area contributed by atoms with Crippen molar-refractivity contribution in [1.82, 2.24) is 0 Å². The van der Waals surface area contributed by atoms with Gasteiger partial charge in [0.1, 0.15) is 0 Å². The third kappa shape index (κ3) is 6.59. The summed E-state index contributed by atoms with van der Waals surface area (Å²) in [7, 11) is 0. The fourth-order valence-corrected chi connectivity index (χ4v) is 1.81. The number of carboxylic acids is 2. The van der Waals surface area contributed by atoms with Crippen LogP contribution in [0.15, 0.2) is 0 Å². The van der Waals surface area contributed by atoms with Gasteiger partial charge >= 0.3 is 83.5 Å². The summed E-state index contributed by atoms with van der Waals surface area (Å²) in [6.07, 6.45) is -15.0. The van der Waals surface area contributed by atoms with Gasteiger partial charge in [-0.1, -0.05) is 0 Å². The minimum Gasteiger partial charge on any atom is -0.477 e. The molecule has 0 aliphatic heterocycles. The zero-order valence-electron chi connectivity index (χ0n) is 18.9. The van der Waals surface area contributed by atoms with Gasteiger partial charge in [0.05, 0.1) is 0 Å². The van der Waals surface area contributed by atoms with E-state index in [0.29, 0.717) is 0 Å². The molecule has 0 saturated heterocycles. The Labute approximate surface area is 235 Å². The number of halogens is 26. The predicted molar refractivity (Wildman–Crippen MR) is 76.9 cm³/mol. The molecule has 0 aliphatic rings. The average molecular weight is 783 g/mol. The monoisotopic (exact) mass is 783 g/mol. The van der Waals surface area contributed by atoms with Crippen LogP contribution >= 0.6 is 0 Å². The molecule has 0 aromatic heterocycles. The second-order valence-corrected chi connectivity index (χ2v) is 7.35. The molecule has 0 bridgehead atoms. The van der Waals surface area contributed by atoms with E-state index in [2.05, 4.69) is 0 Å². The van der Waals surface area contributed by atoms with Gasteiger partial charge in [-0.05, 0) is 0 Å². The Kier molecular flexibility index (Phi) is 12.6. The van der Waals surface area contributed by atoms with Crippen molar-refractivity contribution < 1.29 is 151 Å². The van der Waals surface area contributed by atoms with E-state index in [1.165, 1.54) is 0 Å². The first-order chi connectivity index (χ1) is 18.4. The molecule has 0 spiro atoms. The van der Waals surface area contributed by atoms with Crippen LogP contribution in [0.25, 0.3) is 0 Å². The minimum absolute atomic E-state index is 0. The van der Waals surface area contributed by atoms with Crippen LogP contribution < -0.4 is 0 Å². The van der Waals surface area contributed by atoms with Crippen molar-refractivity contribution in [3.05, 3.63) is 0 Å². The van der Waals surface area contributed by atoms with Crippen LogP contribution in [0.5, 0.6) is 0 Å². The average Bonchev–Trinajstić information content (AvgIpc) is 2.76. The van der Waals surface area contributed by atoms with E-state index >= 15 is 0 Å². The van der Waals surface area contributed by atoms with Crippen LogP contribution in [0.1, 0.15) is 0 Å². The van der Waals surface area contributed by atoms with E-state index in [4.69, 9.17) is 10.2 Å². The van der Waals surface area contributed by atoms with E-state index in [9.17, 15) is 124 Å². The Morgan fingerprint density at radius 1 is 0.289 bits per heavy atom. The molecular formula is C14H2F26MnO4. The van der Waals surface area contributed by atoms with Gasteiger partial charge in [-0.2, -0.15) is 114 Å². The Balaban J connectivity index is -0.000000767. The van der Waals surface area contributed by atoms with Crippen LogP contribution in [-0.4, -0.2) is 93.7 Å². The largest absolute Gasteiger partial charge is 0.477 e. The zero-order valence-corrected chi connectivity index (χ0v) is 20.1. The molecule has 0 amide bonds. The van der Waals surface area contributed by atoms with Crippen LogP contribution in [0.3, 0.4) is 0 Å². The second kappa shape index (κ2) is 12.0. The van der Waals surface area contributed by atoms with Crippen molar-refractivity contribution in [2.75, 3.05) is 0 Å². The van der Waals surface area contributed by atoms with Gasteiger partial charge in [0.2, 0.25) is 0 Å². The van der Waals surface area contributed by atoms with Gasteiger partial charge in [0, 0.05) is 17.1 Å². The molecule has 0 fully saturated rings. The van der Waals surface area contributed by atoms with Crippen LogP contribution in [-0.2, 0) is 26.7 Å². The first kappa shape index (κ1) is 47.1. The van der Waals surface area contributed by atoms with Crippen molar-refractivity contribution in [3.63, 3.8) is 0 Å². The first-order valence-corrected chi connectivity index (χ1v) is 8.77. The van der Waals surface area contributed by atoms with E-state index in [1.54, 1.807) is 0 Å². The molecule has 45 heavy (non-hydrogen) atoms. The van der Waals surface area contributed by atoms with Gasteiger partial charge in [-0.25, -0.2) is 9.59 Å². The standard InChI is InChI=1S/2C7HF13O2.Mn/c2*8-2(9,1(21)22)3(10,11)4(12,13)5(14,15)6(16,17)7(18,19)20;/h2*(H,21,22);. The topological polar surface area (TPSA) is 74.6 Å². The normalized spacial score (nSPS) is 15.5. The molecule has 0 aliphatic carbocycles. The molecule has 0 aromatic carbocycles. The number of rotatable bonds is 10. The quantitative estimate of drug-likeness (QED) is 0.177. The second-order valence-electron chi connectivity index (χ2n) is 7.35. The van der Waals surface area contributed by atoms with Crippen molar-refractivity contribution in [2.45, 2.75) is 71.6 Å². The molecule has 0 saturated carbocycles. The van der Waals surface area contributed by atoms with Crippen molar-refractivity contribution >= 4 is 11.9 Å². The zero-order chi connectivity index (χ0) is 37.2. The Morgan fingerprint density at radius 3 is 0.533 bits per heavy atom. The SMILES string of the molecule is O=C(O)C(F)(F)C(F)(F)C(F)(F)C(F)(F)C(F)(F)C(F)(F)F.O=C(O)C(F)(F)C(F)(F)C(F)(F)C(F)(F)C(F)(F)C(F)(F)F.[Mn]. The summed E-state index contributed by atoms with van der Waals surface area (Å²) < 4.78 is 319. The molecule has 31 heteroatoms. The maximum Gasteiger partial charge on any atom is 0.460 e. The van der Waals surface area contributed by atoms with Crippen LogP contribution in [0.4, 0.5) is 114 Å². The summed E-state index contributed by atoms with van der Waals surface area (Å²) in [5, 5.41) is 15.1. The number of alkyl halides is 26. The van der Waals surface area contributed by atoms with Crippen molar-refractivity contribution in [2.24, 2.45) is 0 Å². The van der Waals surface area contributed by atoms with Gasteiger partial charge in [0.15, 0.2) is 0 Å². The van der Waals surface area contributed by atoms with E-state index in [0.717, 1.165) is 0 Å².